The molecule has 10 nitrogen and oxygen atoms in total. The molecule has 2 rings (SSSR count). The highest BCUT2D eigenvalue weighted by Gasteiger charge is 2.57. The van der Waals surface area contributed by atoms with Crippen molar-refractivity contribution in [2.45, 2.75) is 23.4 Å². The first-order valence-electron chi connectivity index (χ1n) is 9.01. The molecule has 0 radical (unpaired) electrons. The van der Waals surface area contributed by atoms with Gasteiger partial charge in [-0.05, 0) is 30.5 Å². The first kappa shape index (κ1) is 34.5. The lowest BCUT2D eigenvalue weighted by Crippen LogP contribution is -2.34. The number of carbonyl (C=O) groups is 1. The fourth-order valence-electron chi connectivity index (χ4n) is 2.07. The number of fused-ring (bicyclic) bond motifs is 1. The largest absolute Gasteiger partial charge is 0.534 e. The maximum atomic E-state index is 12.5. The quantitative estimate of drug-likeness (QED) is 0.186. The van der Waals surface area contributed by atoms with Crippen LogP contribution in [0.15, 0.2) is 30.3 Å². The lowest BCUT2D eigenvalue weighted by Gasteiger charge is -2.12. The minimum atomic E-state index is -6.85. The number of hydrogen-bond donors (Lipinski definition) is 0. The summed E-state index contributed by atoms with van der Waals surface area (Å²) in [5.74, 6) is -1.37. The molecule has 0 saturated heterocycles. The summed E-state index contributed by atoms with van der Waals surface area (Å²) in [5.41, 5.74) is -18.2. The van der Waals surface area contributed by atoms with Crippen molar-refractivity contribution in [1.82, 2.24) is 0 Å². The number of carbonyl (C=O) groups excluding carboxylic acids is 1. The van der Waals surface area contributed by atoms with Crippen molar-refractivity contribution in [1.29, 1.82) is 0 Å². The molecule has 0 aliphatic heterocycles. The van der Waals surface area contributed by atoms with E-state index in [4.69, 9.17) is 16.3 Å². The van der Waals surface area contributed by atoms with Crippen LogP contribution in [0.5, 0.6) is 5.75 Å². The van der Waals surface area contributed by atoms with Gasteiger partial charge in [-0.3, -0.25) is 0 Å². The van der Waals surface area contributed by atoms with E-state index in [2.05, 4.69) is 4.18 Å². The average molecular weight is 665 g/mol. The molecule has 0 aliphatic carbocycles. The van der Waals surface area contributed by atoms with Gasteiger partial charge in [-0.15, -0.1) is 3.63 Å². The predicted octanol–water partition coefficient (Wildman–Crippen LogP) is 4.60. The van der Waals surface area contributed by atoms with Crippen LogP contribution in [0.25, 0.3) is 10.8 Å². The van der Waals surface area contributed by atoms with Crippen molar-refractivity contribution in [3.8, 4) is 5.75 Å². The molecular formula is C16H10ClF9O10S3. The van der Waals surface area contributed by atoms with Crippen molar-refractivity contribution in [2.75, 3.05) is 6.61 Å². The minimum absolute atomic E-state index is 0.0109. The maximum Gasteiger partial charge on any atom is 0.534 e. The zero-order chi connectivity index (χ0) is 30.8. The van der Waals surface area contributed by atoms with Gasteiger partial charge in [0.25, 0.3) is 0 Å². The number of alkyl halides is 9. The fraction of sp³-hybridized carbons (Fsp3) is 0.312. The standard InChI is InChI=1S/C14H10ClF3O5S.C2F6O5S2/c1-2-22-13(19)10-7-9-8(6-11(10)15)4-3-5-12(9)23-24(20,21)14(16,17)18;3-1(4,5)14(9,10)13-15(11,12)2(6,7)8/h3-7H,2H2,1H3;. The van der Waals surface area contributed by atoms with E-state index in [-0.39, 0.29) is 22.6 Å². The Morgan fingerprint density at radius 2 is 1.26 bits per heavy atom. The van der Waals surface area contributed by atoms with Crippen molar-refractivity contribution in [3.05, 3.63) is 40.9 Å². The Morgan fingerprint density at radius 1 is 0.795 bits per heavy atom. The van der Waals surface area contributed by atoms with Crippen molar-refractivity contribution in [3.63, 3.8) is 0 Å². The molecule has 0 saturated carbocycles. The van der Waals surface area contributed by atoms with Crippen LogP contribution in [0.1, 0.15) is 17.3 Å². The molecule has 0 aliphatic rings. The summed E-state index contributed by atoms with van der Waals surface area (Å²) >= 11 is 5.95. The minimum Gasteiger partial charge on any atom is -0.462 e. The molecule has 2 aromatic rings. The van der Waals surface area contributed by atoms with E-state index in [0.717, 1.165) is 12.1 Å². The number of esters is 1. The molecule has 0 heterocycles. The molecule has 0 fully saturated rings. The normalized spacial score (nSPS) is 13.4. The monoisotopic (exact) mass is 664 g/mol. The van der Waals surface area contributed by atoms with Gasteiger partial charge in [-0.1, -0.05) is 23.7 Å². The zero-order valence-electron chi connectivity index (χ0n) is 18.2. The van der Waals surface area contributed by atoms with Gasteiger partial charge in [-0.25, -0.2) is 4.79 Å². The first-order chi connectivity index (χ1) is 17.3. The number of hydrogen-bond acceptors (Lipinski definition) is 10. The molecule has 0 bridgehead atoms. The van der Waals surface area contributed by atoms with Crippen LogP contribution < -0.4 is 4.18 Å². The number of rotatable bonds is 6. The van der Waals surface area contributed by atoms with Gasteiger partial charge in [0.05, 0.1) is 17.2 Å². The van der Waals surface area contributed by atoms with Gasteiger partial charge in [0.15, 0.2) is 5.75 Å². The molecule has 23 heteroatoms. The SMILES string of the molecule is CCOC(=O)c1cc2c(OS(=O)(=O)C(F)(F)F)cccc2cc1Cl.O=S(=O)(OS(=O)(=O)C(F)(F)F)C(F)(F)F. The predicted molar refractivity (Wildman–Crippen MR) is 112 cm³/mol. The Bertz CT molecular complexity index is 1500. The fourth-order valence-corrected chi connectivity index (χ4v) is 4.35. The second-order valence-corrected chi connectivity index (χ2v) is 11.6. The van der Waals surface area contributed by atoms with Gasteiger partial charge in [-0.2, -0.15) is 64.8 Å². The van der Waals surface area contributed by atoms with E-state index in [1.54, 1.807) is 6.92 Å². The highest BCUT2D eigenvalue weighted by atomic mass is 35.5. The van der Waals surface area contributed by atoms with Gasteiger partial charge in [0, 0.05) is 5.39 Å². The van der Waals surface area contributed by atoms with Crippen LogP contribution in [0.2, 0.25) is 5.02 Å². The second kappa shape index (κ2) is 11.5. The van der Waals surface area contributed by atoms with Crippen LogP contribution >= 0.6 is 11.6 Å². The second-order valence-electron chi connectivity index (χ2n) is 6.38. The summed E-state index contributed by atoms with van der Waals surface area (Å²) in [7, 11) is -19.5. The highest BCUT2D eigenvalue weighted by molar-refractivity contribution is 8.00. The molecule has 2 aromatic carbocycles. The Labute approximate surface area is 217 Å². The summed E-state index contributed by atoms with van der Waals surface area (Å²) in [5, 5.41) is 0.275. The lowest BCUT2D eigenvalue weighted by atomic mass is 10.1. The summed E-state index contributed by atoms with van der Waals surface area (Å²) in [6, 6.07) is 6.23. The van der Waals surface area contributed by atoms with Gasteiger partial charge in [0.1, 0.15) is 0 Å². The third-order valence-electron chi connectivity index (χ3n) is 3.65. The number of benzene rings is 2. The molecule has 0 aromatic heterocycles. The van der Waals surface area contributed by atoms with Crippen LogP contribution in [0, 0.1) is 0 Å². The topological polar surface area (TPSA) is 147 Å². The van der Waals surface area contributed by atoms with E-state index < -0.39 is 58.6 Å². The van der Waals surface area contributed by atoms with Crippen LogP contribution in [-0.4, -0.2) is 54.4 Å². The van der Waals surface area contributed by atoms with Gasteiger partial charge < -0.3 is 8.92 Å². The van der Waals surface area contributed by atoms with E-state index in [1.807, 2.05) is 3.63 Å². The molecule has 0 N–H and O–H groups in total. The van der Waals surface area contributed by atoms with E-state index >= 15 is 0 Å². The Kier molecular flexibility index (Phi) is 10.2. The number of halogens is 10. The van der Waals surface area contributed by atoms with Crippen molar-refractivity contribution in [2.24, 2.45) is 0 Å². The lowest BCUT2D eigenvalue weighted by molar-refractivity contribution is -0.0586. The van der Waals surface area contributed by atoms with Crippen LogP contribution in [-0.2, 0) is 38.7 Å². The molecule has 39 heavy (non-hydrogen) atoms. The molecular weight excluding hydrogens is 655 g/mol. The van der Waals surface area contributed by atoms with Crippen molar-refractivity contribution >= 4 is 58.7 Å². The molecule has 0 unspecified atom stereocenters. The van der Waals surface area contributed by atoms with Gasteiger partial charge in [0.2, 0.25) is 0 Å². The Hall–Kier alpha value is -2.56. The summed E-state index contributed by atoms with van der Waals surface area (Å²) in [6.07, 6.45) is 0. The molecule has 222 valence electrons. The van der Waals surface area contributed by atoms with Crippen LogP contribution in [0.3, 0.4) is 0 Å². The van der Waals surface area contributed by atoms with E-state index in [9.17, 15) is 69.6 Å². The smallest absolute Gasteiger partial charge is 0.462 e. The number of ether oxygens (including phenoxy) is 1. The third kappa shape index (κ3) is 8.46. The van der Waals surface area contributed by atoms with Crippen LogP contribution in [0.4, 0.5) is 39.5 Å². The molecule has 0 amide bonds. The Morgan fingerprint density at radius 3 is 1.67 bits per heavy atom. The zero-order valence-corrected chi connectivity index (χ0v) is 21.4. The van der Waals surface area contributed by atoms with Gasteiger partial charge >= 0.3 is 52.8 Å². The highest BCUT2D eigenvalue weighted by Crippen LogP contribution is 2.35. The molecule has 0 atom stereocenters. The van der Waals surface area contributed by atoms with E-state index in [1.165, 1.54) is 18.2 Å². The summed E-state index contributed by atoms with van der Waals surface area (Å²) in [4.78, 5) is 11.8. The first-order valence-corrected chi connectivity index (χ1v) is 13.6. The third-order valence-corrected chi connectivity index (χ3v) is 7.50. The summed E-state index contributed by atoms with van der Waals surface area (Å²) in [6.45, 7) is 1.63. The Balaban J connectivity index is 0.000000439. The van der Waals surface area contributed by atoms with Crippen molar-refractivity contribution < 1.29 is 82.1 Å². The average Bonchev–Trinajstić information content (AvgIpc) is 2.70. The molecule has 0 spiro atoms. The summed E-state index contributed by atoms with van der Waals surface area (Å²) < 4.78 is 179. The van der Waals surface area contributed by atoms with E-state index in [0.29, 0.717) is 5.39 Å². The maximum absolute atomic E-state index is 12.5.